The normalized spacial score (nSPS) is 13.0. The number of ether oxygens (including phenoxy) is 3. The third kappa shape index (κ3) is 7.23. The lowest BCUT2D eigenvalue weighted by molar-refractivity contribution is -0.149. The van der Waals surface area contributed by atoms with E-state index in [2.05, 4.69) is 97.1 Å². The number of hydrogen-bond acceptors (Lipinski definition) is 4. The Morgan fingerprint density at radius 1 is 0.689 bits per heavy atom. The second-order valence-corrected chi connectivity index (χ2v) is 11.0. The zero-order valence-electron chi connectivity index (χ0n) is 25.3. The lowest BCUT2D eigenvalue weighted by Gasteiger charge is -2.23. The highest BCUT2D eigenvalue weighted by Crippen LogP contribution is 2.39. The number of rotatable bonds is 12. The van der Waals surface area contributed by atoms with Crippen molar-refractivity contribution in [2.75, 3.05) is 19.8 Å². The van der Waals surface area contributed by atoms with Gasteiger partial charge in [0.15, 0.2) is 6.10 Å². The number of benzene rings is 5. The van der Waals surface area contributed by atoms with Crippen molar-refractivity contribution in [1.82, 2.24) is 0 Å². The van der Waals surface area contributed by atoms with Crippen molar-refractivity contribution < 1.29 is 24.1 Å². The molecule has 5 aromatic carbocycles. The summed E-state index contributed by atoms with van der Waals surface area (Å²) in [7, 11) is 0. The van der Waals surface area contributed by atoms with E-state index in [1.54, 1.807) is 6.92 Å². The van der Waals surface area contributed by atoms with E-state index in [0.717, 1.165) is 50.1 Å². The Bertz CT molecular complexity index is 1670. The van der Waals surface area contributed by atoms with E-state index in [9.17, 15) is 9.90 Å². The molecule has 1 N–H and O–H groups in total. The highest BCUT2D eigenvalue weighted by Gasteiger charge is 2.24. The van der Waals surface area contributed by atoms with Gasteiger partial charge in [-0.1, -0.05) is 109 Å². The Balaban J connectivity index is 1.23. The molecule has 0 bridgehead atoms. The van der Waals surface area contributed by atoms with Gasteiger partial charge in [-0.3, -0.25) is 0 Å². The standard InChI is InChI=1S/C40H36O5/c1-2-43-38(40(41)42)25-28-13-21-35(22-14-28)44-23-24-45-39-36-26-33(29-9-5-3-6-10-29)19-17-31(36)15-16-32-18-20-34(27-37(32)39)30-11-7-4-8-12-30/h3-22,26-27,38-39H,2,23-25H2,1H3,(H,41,42). The summed E-state index contributed by atoms with van der Waals surface area (Å²) in [5.41, 5.74) is 9.96. The Morgan fingerprint density at radius 2 is 1.24 bits per heavy atom. The van der Waals surface area contributed by atoms with Crippen LogP contribution in [0.2, 0.25) is 0 Å². The van der Waals surface area contributed by atoms with Gasteiger partial charge in [-0.2, -0.15) is 0 Å². The smallest absolute Gasteiger partial charge is 0.333 e. The van der Waals surface area contributed by atoms with Gasteiger partial charge >= 0.3 is 5.97 Å². The van der Waals surface area contributed by atoms with Gasteiger partial charge < -0.3 is 19.3 Å². The summed E-state index contributed by atoms with van der Waals surface area (Å²) in [5, 5.41) is 9.39. The number of carboxylic acids is 1. The van der Waals surface area contributed by atoms with Gasteiger partial charge in [0, 0.05) is 13.0 Å². The maximum atomic E-state index is 11.5. The first-order valence-corrected chi connectivity index (χ1v) is 15.3. The molecule has 0 heterocycles. The molecule has 0 aliphatic heterocycles. The lowest BCUT2D eigenvalue weighted by Crippen LogP contribution is -2.26. The zero-order valence-corrected chi connectivity index (χ0v) is 25.3. The van der Waals surface area contributed by atoms with Crippen molar-refractivity contribution in [2.45, 2.75) is 25.6 Å². The van der Waals surface area contributed by atoms with Gasteiger partial charge in [-0.05, 0) is 81.3 Å². The fourth-order valence-corrected chi connectivity index (χ4v) is 5.73. The molecule has 1 aliphatic carbocycles. The average Bonchev–Trinajstić information content (AvgIpc) is 3.23. The predicted molar refractivity (Wildman–Crippen MR) is 179 cm³/mol. The van der Waals surface area contributed by atoms with Crippen molar-refractivity contribution in [1.29, 1.82) is 0 Å². The van der Waals surface area contributed by atoms with Crippen LogP contribution in [-0.4, -0.2) is 37.0 Å². The van der Waals surface area contributed by atoms with Gasteiger partial charge in [-0.15, -0.1) is 0 Å². The Hall–Kier alpha value is -4.97. The molecule has 0 spiro atoms. The fourth-order valence-electron chi connectivity index (χ4n) is 5.73. The van der Waals surface area contributed by atoms with E-state index in [1.165, 1.54) is 0 Å². The minimum atomic E-state index is -0.960. The molecule has 226 valence electrons. The van der Waals surface area contributed by atoms with Crippen molar-refractivity contribution >= 4 is 18.1 Å². The first kappa shape index (κ1) is 30.1. The summed E-state index contributed by atoms with van der Waals surface area (Å²) in [5.74, 6) is -0.260. The van der Waals surface area contributed by atoms with Crippen LogP contribution in [0.25, 0.3) is 34.4 Å². The van der Waals surface area contributed by atoms with Gasteiger partial charge in [-0.25, -0.2) is 4.79 Å². The lowest BCUT2D eigenvalue weighted by atomic mass is 9.91. The van der Waals surface area contributed by atoms with E-state index in [-0.39, 0.29) is 6.10 Å². The van der Waals surface area contributed by atoms with E-state index in [4.69, 9.17) is 14.2 Å². The first-order valence-electron chi connectivity index (χ1n) is 15.3. The Kier molecular flexibility index (Phi) is 9.50. The average molecular weight is 597 g/mol. The largest absolute Gasteiger partial charge is 0.491 e. The van der Waals surface area contributed by atoms with Gasteiger partial charge in [0.2, 0.25) is 0 Å². The molecule has 1 aliphatic rings. The summed E-state index contributed by atoms with van der Waals surface area (Å²) in [6.45, 7) is 2.89. The SMILES string of the molecule is CCOC(Cc1ccc(OCCOC2c3cc(-c4ccccc4)ccc3C=Cc3ccc(-c4ccccc4)cc32)cc1)C(=O)O. The molecule has 0 saturated heterocycles. The molecule has 0 fully saturated rings. The maximum Gasteiger partial charge on any atom is 0.333 e. The fraction of sp³-hybridized carbons (Fsp3) is 0.175. The number of hydrogen-bond donors (Lipinski definition) is 1. The molecule has 0 saturated carbocycles. The second-order valence-electron chi connectivity index (χ2n) is 11.0. The van der Waals surface area contributed by atoms with Crippen LogP contribution in [0.1, 0.15) is 40.8 Å². The van der Waals surface area contributed by atoms with Crippen LogP contribution in [0.4, 0.5) is 0 Å². The summed E-state index contributed by atoms with van der Waals surface area (Å²) in [6, 6.07) is 41.5. The van der Waals surface area contributed by atoms with Crippen LogP contribution in [0, 0.1) is 0 Å². The molecule has 0 radical (unpaired) electrons. The number of carboxylic acid groups (broad SMARTS) is 1. The Morgan fingerprint density at radius 3 is 1.76 bits per heavy atom. The third-order valence-electron chi connectivity index (χ3n) is 8.02. The number of aliphatic carboxylic acids is 1. The number of fused-ring (bicyclic) bond motifs is 2. The summed E-state index contributed by atoms with van der Waals surface area (Å²) in [6.07, 6.45) is 3.49. The van der Waals surface area contributed by atoms with Crippen LogP contribution in [0.3, 0.4) is 0 Å². The molecule has 0 aromatic heterocycles. The van der Waals surface area contributed by atoms with Crippen molar-refractivity contribution in [3.63, 3.8) is 0 Å². The molecule has 5 heteroatoms. The zero-order chi connectivity index (χ0) is 31.0. The second kappa shape index (κ2) is 14.2. The van der Waals surface area contributed by atoms with Gasteiger partial charge in [0.1, 0.15) is 18.5 Å². The molecule has 6 rings (SSSR count). The molecule has 5 nitrogen and oxygen atoms in total. The maximum absolute atomic E-state index is 11.5. The first-order chi connectivity index (χ1) is 22.1. The molecule has 1 atom stereocenters. The molecule has 0 amide bonds. The van der Waals surface area contributed by atoms with Crippen LogP contribution in [0.15, 0.2) is 121 Å². The topological polar surface area (TPSA) is 65.0 Å². The van der Waals surface area contributed by atoms with Gasteiger partial charge in [0.25, 0.3) is 0 Å². The van der Waals surface area contributed by atoms with E-state index in [0.29, 0.717) is 32.0 Å². The van der Waals surface area contributed by atoms with Crippen molar-refractivity contribution in [3.8, 4) is 28.0 Å². The van der Waals surface area contributed by atoms with Crippen LogP contribution < -0.4 is 4.74 Å². The van der Waals surface area contributed by atoms with E-state index in [1.807, 2.05) is 36.4 Å². The van der Waals surface area contributed by atoms with E-state index < -0.39 is 12.1 Å². The highest BCUT2D eigenvalue weighted by atomic mass is 16.5. The minimum absolute atomic E-state index is 0.296. The minimum Gasteiger partial charge on any atom is -0.491 e. The molecular weight excluding hydrogens is 560 g/mol. The summed E-state index contributed by atoms with van der Waals surface area (Å²) < 4.78 is 18.1. The van der Waals surface area contributed by atoms with E-state index >= 15 is 0 Å². The third-order valence-corrected chi connectivity index (χ3v) is 8.02. The molecule has 45 heavy (non-hydrogen) atoms. The summed E-state index contributed by atoms with van der Waals surface area (Å²) >= 11 is 0. The van der Waals surface area contributed by atoms with Crippen LogP contribution in [0.5, 0.6) is 5.75 Å². The molecule has 5 aromatic rings. The molecule has 1 unspecified atom stereocenters. The van der Waals surface area contributed by atoms with Gasteiger partial charge in [0.05, 0.1) is 6.61 Å². The quantitative estimate of drug-likeness (QED) is 0.146. The van der Waals surface area contributed by atoms with Crippen LogP contribution in [-0.2, 0) is 20.7 Å². The summed E-state index contributed by atoms with van der Waals surface area (Å²) in [4.78, 5) is 11.5. The van der Waals surface area contributed by atoms with Crippen molar-refractivity contribution in [3.05, 3.63) is 149 Å². The molecular formula is C40H36O5. The number of carbonyl (C=O) groups is 1. The predicted octanol–water partition coefficient (Wildman–Crippen LogP) is 8.72. The highest BCUT2D eigenvalue weighted by molar-refractivity contribution is 5.80. The Labute approximate surface area is 264 Å². The van der Waals surface area contributed by atoms with Crippen LogP contribution >= 0.6 is 0 Å². The van der Waals surface area contributed by atoms with Crippen molar-refractivity contribution in [2.24, 2.45) is 0 Å². The monoisotopic (exact) mass is 596 g/mol.